The number of phenolic OH excluding ortho intramolecular Hbond substituents is 1. The molecule has 23 heavy (non-hydrogen) atoms. The van der Waals surface area contributed by atoms with Gasteiger partial charge in [-0.15, -0.1) is 0 Å². The molecule has 4 N–H and O–H groups in total. The maximum atomic E-state index is 12.0. The Balaban J connectivity index is 2.40. The van der Waals surface area contributed by atoms with Crippen molar-refractivity contribution in [3.63, 3.8) is 0 Å². The molecule has 0 bridgehead atoms. The maximum Gasteiger partial charge on any atom is 0.273 e. The minimum atomic E-state index is -0.507. The van der Waals surface area contributed by atoms with E-state index in [1.807, 2.05) is 0 Å². The van der Waals surface area contributed by atoms with Crippen molar-refractivity contribution < 1.29 is 9.90 Å². The lowest BCUT2D eigenvalue weighted by molar-refractivity contribution is 0.0941. The molecule has 0 aliphatic heterocycles. The molecule has 1 atom stereocenters. The van der Waals surface area contributed by atoms with E-state index in [4.69, 9.17) is 23.8 Å². The van der Waals surface area contributed by atoms with E-state index in [9.17, 15) is 9.90 Å². The van der Waals surface area contributed by atoms with Gasteiger partial charge in [-0.1, -0.05) is 44.7 Å². The van der Waals surface area contributed by atoms with Gasteiger partial charge >= 0.3 is 0 Å². The Labute approximate surface area is 147 Å². The third-order valence-electron chi connectivity index (χ3n) is 3.59. The summed E-state index contributed by atoms with van der Waals surface area (Å²) in [6.07, 6.45) is 4.62. The van der Waals surface area contributed by atoms with Gasteiger partial charge in [-0.2, -0.15) is 0 Å². The maximum absolute atomic E-state index is 12.0. The first kappa shape index (κ1) is 19.5. The van der Waals surface area contributed by atoms with Crippen molar-refractivity contribution in [2.75, 3.05) is 6.54 Å². The van der Waals surface area contributed by atoms with E-state index in [2.05, 4.69) is 30.0 Å². The molecule has 5 nitrogen and oxygen atoms in total. The molecule has 0 spiro atoms. The Kier molecular flexibility index (Phi) is 8.73. The first-order chi connectivity index (χ1) is 11.0. The summed E-state index contributed by atoms with van der Waals surface area (Å²) in [5.74, 6) is -0.0901. The zero-order valence-corrected chi connectivity index (χ0v) is 15.1. The summed E-state index contributed by atoms with van der Waals surface area (Å²) in [7, 11) is 0. The number of halogens is 1. The number of hydrazine groups is 1. The molecule has 0 fully saturated rings. The van der Waals surface area contributed by atoms with Gasteiger partial charge in [0.1, 0.15) is 5.75 Å². The number of rotatable bonds is 7. The Morgan fingerprint density at radius 2 is 2.09 bits per heavy atom. The Morgan fingerprint density at radius 3 is 2.74 bits per heavy atom. The van der Waals surface area contributed by atoms with Gasteiger partial charge in [0.05, 0.1) is 5.56 Å². The average Bonchev–Trinajstić information content (AvgIpc) is 2.55. The van der Waals surface area contributed by atoms with Crippen molar-refractivity contribution in [3.05, 3.63) is 28.8 Å². The van der Waals surface area contributed by atoms with Crippen molar-refractivity contribution >= 4 is 34.8 Å². The van der Waals surface area contributed by atoms with Gasteiger partial charge in [-0.3, -0.25) is 15.6 Å². The fraction of sp³-hybridized carbons (Fsp3) is 0.500. The number of phenols is 1. The number of carbonyl (C=O) groups excluding carboxylic acids is 1. The van der Waals surface area contributed by atoms with Crippen LogP contribution in [0.5, 0.6) is 5.75 Å². The summed E-state index contributed by atoms with van der Waals surface area (Å²) in [5.41, 5.74) is 5.16. The number of amides is 1. The lowest BCUT2D eigenvalue weighted by Crippen LogP contribution is -2.47. The standard InChI is InChI=1S/C16H24ClN3O2S/c1-3-5-6-11(4-2)10-18-16(23)20-19-15(22)13-9-12(17)7-8-14(13)21/h7-9,11,21H,3-6,10H2,1-2H3,(H,19,22)(H2,18,20,23)/t11-/m1/s1. The summed E-state index contributed by atoms with van der Waals surface area (Å²) < 4.78 is 0. The van der Waals surface area contributed by atoms with Crippen molar-refractivity contribution in [2.45, 2.75) is 39.5 Å². The molecule has 0 unspecified atom stereocenters. The molecule has 0 aliphatic carbocycles. The summed E-state index contributed by atoms with van der Waals surface area (Å²) in [6.45, 7) is 5.09. The highest BCUT2D eigenvalue weighted by molar-refractivity contribution is 7.80. The highest BCUT2D eigenvalue weighted by Crippen LogP contribution is 2.20. The molecular weight excluding hydrogens is 334 g/mol. The molecule has 0 saturated carbocycles. The van der Waals surface area contributed by atoms with E-state index in [1.165, 1.54) is 31.0 Å². The molecule has 1 amide bonds. The highest BCUT2D eigenvalue weighted by Gasteiger charge is 2.12. The monoisotopic (exact) mass is 357 g/mol. The van der Waals surface area contributed by atoms with Crippen molar-refractivity contribution in [1.82, 2.24) is 16.2 Å². The number of unbranched alkanes of at least 4 members (excludes halogenated alkanes) is 1. The van der Waals surface area contributed by atoms with Crippen LogP contribution >= 0.6 is 23.8 Å². The highest BCUT2D eigenvalue weighted by atomic mass is 35.5. The minimum Gasteiger partial charge on any atom is -0.507 e. The van der Waals surface area contributed by atoms with Gasteiger partial charge in [0, 0.05) is 11.6 Å². The number of benzene rings is 1. The molecule has 0 aliphatic rings. The summed E-state index contributed by atoms with van der Waals surface area (Å²) >= 11 is 11.0. The molecule has 0 radical (unpaired) electrons. The lowest BCUT2D eigenvalue weighted by Gasteiger charge is -2.17. The Morgan fingerprint density at radius 1 is 1.35 bits per heavy atom. The third-order valence-corrected chi connectivity index (χ3v) is 4.07. The smallest absolute Gasteiger partial charge is 0.273 e. The van der Waals surface area contributed by atoms with Gasteiger partial charge in [0.15, 0.2) is 5.11 Å². The Hall–Kier alpha value is -1.53. The van der Waals surface area contributed by atoms with Crippen LogP contribution in [0.25, 0.3) is 0 Å². The van der Waals surface area contributed by atoms with Crippen LogP contribution in [0.15, 0.2) is 18.2 Å². The number of hydrogen-bond donors (Lipinski definition) is 4. The van der Waals surface area contributed by atoms with Crippen LogP contribution < -0.4 is 16.2 Å². The average molecular weight is 358 g/mol. The van der Waals surface area contributed by atoms with Crippen LogP contribution in [0.3, 0.4) is 0 Å². The van der Waals surface area contributed by atoms with Crippen molar-refractivity contribution in [1.29, 1.82) is 0 Å². The molecule has 0 aromatic heterocycles. The summed E-state index contributed by atoms with van der Waals surface area (Å²) in [5, 5.41) is 13.5. The topological polar surface area (TPSA) is 73.4 Å². The van der Waals surface area contributed by atoms with Gasteiger partial charge < -0.3 is 10.4 Å². The largest absolute Gasteiger partial charge is 0.507 e. The molecule has 0 saturated heterocycles. The fourth-order valence-corrected chi connectivity index (χ4v) is 2.40. The van der Waals surface area contributed by atoms with Crippen LogP contribution in [0, 0.1) is 5.92 Å². The third kappa shape index (κ3) is 7.05. The zero-order valence-electron chi connectivity index (χ0n) is 13.5. The van der Waals surface area contributed by atoms with E-state index < -0.39 is 5.91 Å². The van der Waals surface area contributed by atoms with E-state index in [0.717, 1.165) is 19.4 Å². The summed E-state index contributed by atoms with van der Waals surface area (Å²) in [6, 6.07) is 4.27. The number of hydrogen-bond acceptors (Lipinski definition) is 3. The molecule has 7 heteroatoms. The lowest BCUT2D eigenvalue weighted by atomic mass is 9.99. The van der Waals surface area contributed by atoms with Crippen LogP contribution in [-0.2, 0) is 0 Å². The van der Waals surface area contributed by atoms with E-state index in [-0.39, 0.29) is 11.3 Å². The molecule has 1 aromatic carbocycles. The van der Waals surface area contributed by atoms with Gasteiger partial charge in [-0.05, 0) is 42.8 Å². The van der Waals surface area contributed by atoms with Crippen LogP contribution in [0.2, 0.25) is 5.02 Å². The second kappa shape index (κ2) is 10.3. The SMILES string of the molecule is CCCC[C@@H](CC)CNC(=S)NNC(=O)c1cc(Cl)ccc1O. The van der Waals surface area contributed by atoms with Crippen LogP contribution in [0.1, 0.15) is 49.9 Å². The number of nitrogens with one attached hydrogen (secondary N) is 3. The number of aromatic hydroxyl groups is 1. The predicted octanol–water partition coefficient (Wildman–Crippen LogP) is 3.37. The predicted molar refractivity (Wildman–Crippen MR) is 97.6 cm³/mol. The molecular formula is C16H24ClN3O2S. The second-order valence-electron chi connectivity index (χ2n) is 5.37. The van der Waals surface area contributed by atoms with E-state index in [0.29, 0.717) is 16.1 Å². The Bertz CT molecular complexity index is 540. The van der Waals surface area contributed by atoms with Crippen LogP contribution in [0.4, 0.5) is 0 Å². The van der Waals surface area contributed by atoms with Crippen LogP contribution in [-0.4, -0.2) is 22.7 Å². The second-order valence-corrected chi connectivity index (χ2v) is 6.21. The van der Waals surface area contributed by atoms with E-state index >= 15 is 0 Å². The molecule has 1 rings (SSSR count). The zero-order chi connectivity index (χ0) is 17.2. The quantitative estimate of drug-likeness (QED) is 0.445. The fourth-order valence-electron chi connectivity index (χ4n) is 2.10. The number of thiocarbonyl (C=S) groups is 1. The molecule has 0 heterocycles. The first-order valence-corrected chi connectivity index (χ1v) is 8.59. The van der Waals surface area contributed by atoms with Crippen molar-refractivity contribution in [3.8, 4) is 5.75 Å². The number of carbonyl (C=O) groups is 1. The first-order valence-electron chi connectivity index (χ1n) is 7.80. The minimum absolute atomic E-state index is 0.0854. The summed E-state index contributed by atoms with van der Waals surface area (Å²) in [4.78, 5) is 12.0. The normalized spacial score (nSPS) is 11.6. The van der Waals surface area contributed by atoms with Crippen molar-refractivity contribution in [2.24, 2.45) is 5.92 Å². The van der Waals surface area contributed by atoms with E-state index in [1.54, 1.807) is 0 Å². The van der Waals surface area contributed by atoms with Gasteiger partial charge in [-0.25, -0.2) is 0 Å². The van der Waals surface area contributed by atoms with Gasteiger partial charge in [0.2, 0.25) is 0 Å². The van der Waals surface area contributed by atoms with Gasteiger partial charge in [0.25, 0.3) is 5.91 Å². The molecule has 1 aromatic rings. The molecule has 128 valence electrons.